The van der Waals surface area contributed by atoms with Crippen molar-refractivity contribution < 1.29 is 9.84 Å². The normalized spacial score (nSPS) is 17.3. The number of fused-ring (bicyclic) bond motifs is 1. The van der Waals surface area contributed by atoms with Crippen LogP contribution in [0.3, 0.4) is 0 Å². The molecule has 0 aliphatic carbocycles. The molecule has 0 amide bonds. The highest BCUT2D eigenvalue weighted by atomic mass is 35.5. The molecule has 0 radical (unpaired) electrons. The topological polar surface area (TPSA) is 37.6 Å². The van der Waals surface area contributed by atoms with Gasteiger partial charge >= 0.3 is 0 Å². The van der Waals surface area contributed by atoms with E-state index < -0.39 is 0 Å². The Morgan fingerprint density at radius 3 is 2.70 bits per heavy atom. The molecule has 0 fully saturated rings. The maximum absolute atomic E-state index is 9.89. The van der Waals surface area contributed by atoms with Gasteiger partial charge in [0.1, 0.15) is 0 Å². The molecule has 1 aliphatic heterocycles. The average Bonchev–Trinajstić information content (AvgIpc) is 3.06. The molecule has 0 saturated heterocycles. The molecule has 140 valence electrons. The average molecular weight is 383 g/mol. The van der Waals surface area contributed by atoms with E-state index in [1.54, 1.807) is 13.2 Å². The first-order valence-electron chi connectivity index (χ1n) is 9.16. The number of phenols is 1. The number of rotatable bonds is 4. The summed E-state index contributed by atoms with van der Waals surface area (Å²) in [6.45, 7) is 2.77. The van der Waals surface area contributed by atoms with Crippen LogP contribution in [0.4, 0.5) is 0 Å². The van der Waals surface area contributed by atoms with E-state index in [2.05, 4.69) is 39.9 Å². The Morgan fingerprint density at radius 1 is 1.11 bits per heavy atom. The predicted molar refractivity (Wildman–Crippen MR) is 107 cm³/mol. The predicted octanol–water partition coefficient (Wildman–Crippen LogP) is 4.85. The molecule has 1 unspecified atom stereocenters. The van der Waals surface area contributed by atoms with Gasteiger partial charge < -0.3 is 14.4 Å². The minimum atomic E-state index is 0.152. The third-order valence-electron chi connectivity index (χ3n) is 5.17. The van der Waals surface area contributed by atoms with Crippen LogP contribution < -0.4 is 4.74 Å². The Balaban J connectivity index is 1.72. The maximum atomic E-state index is 9.89. The van der Waals surface area contributed by atoms with Crippen LogP contribution in [0, 0.1) is 0 Å². The van der Waals surface area contributed by atoms with Crippen LogP contribution in [-0.4, -0.2) is 28.2 Å². The number of hydrogen-bond acceptors (Lipinski definition) is 3. The van der Waals surface area contributed by atoms with Crippen molar-refractivity contribution in [3.63, 3.8) is 0 Å². The van der Waals surface area contributed by atoms with E-state index in [0.717, 1.165) is 36.6 Å². The number of benzene rings is 2. The molecule has 2 aromatic carbocycles. The number of ether oxygens (including phenoxy) is 1. The van der Waals surface area contributed by atoms with Gasteiger partial charge in [-0.2, -0.15) is 0 Å². The first-order chi connectivity index (χ1) is 13.2. The molecule has 1 aromatic heterocycles. The van der Waals surface area contributed by atoms with Crippen LogP contribution in [0.5, 0.6) is 11.5 Å². The summed E-state index contributed by atoms with van der Waals surface area (Å²) >= 11 is 6.12. The van der Waals surface area contributed by atoms with Gasteiger partial charge in [0.25, 0.3) is 0 Å². The van der Waals surface area contributed by atoms with Crippen molar-refractivity contribution in [1.29, 1.82) is 0 Å². The molecular weight excluding hydrogens is 360 g/mol. The van der Waals surface area contributed by atoms with Crippen LogP contribution in [0.1, 0.15) is 29.3 Å². The second-order valence-electron chi connectivity index (χ2n) is 6.91. The van der Waals surface area contributed by atoms with Crippen molar-refractivity contribution in [2.75, 3.05) is 13.7 Å². The van der Waals surface area contributed by atoms with Gasteiger partial charge in [-0.3, -0.25) is 4.90 Å². The highest BCUT2D eigenvalue weighted by molar-refractivity contribution is 6.30. The van der Waals surface area contributed by atoms with E-state index in [1.807, 2.05) is 24.3 Å². The smallest absolute Gasteiger partial charge is 0.160 e. The molecule has 0 spiro atoms. The molecule has 4 nitrogen and oxygen atoms in total. The fraction of sp³-hybridized carbons (Fsp3) is 0.273. The van der Waals surface area contributed by atoms with Gasteiger partial charge in [-0.25, -0.2) is 0 Å². The van der Waals surface area contributed by atoms with E-state index in [0.29, 0.717) is 5.75 Å². The Morgan fingerprint density at radius 2 is 1.93 bits per heavy atom. The molecule has 1 atom stereocenters. The van der Waals surface area contributed by atoms with E-state index in [4.69, 9.17) is 16.3 Å². The number of phenolic OH excluding ortho intramolecular Hbond substituents is 1. The lowest BCUT2D eigenvalue weighted by Gasteiger charge is -2.31. The van der Waals surface area contributed by atoms with Crippen LogP contribution in [0.15, 0.2) is 60.8 Å². The first kappa shape index (κ1) is 18.0. The third kappa shape index (κ3) is 3.68. The van der Waals surface area contributed by atoms with E-state index in [1.165, 1.54) is 11.3 Å². The first-order valence-corrected chi connectivity index (χ1v) is 9.54. The fourth-order valence-electron chi connectivity index (χ4n) is 3.89. The molecule has 4 rings (SSSR count). The number of methoxy groups -OCH3 is 1. The van der Waals surface area contributed by atoms with Gasteiger partial charge in [0.15, 0.2) is 11.5 Å². The summed E-state index contributed by atoms with van der Waals surface area (Å²) in [4.78, 5) is 2.48. The third-order valence-corrected chi connectivity index (χ3v) is 5.42. The lowest BCUT2D eigenvalue weighted by Crippen LogP contribution is -2.29. The van der Waals surface area contributed by atoms with Crippen LogP contribution in [-0.2, 0) is 13.1 Å². The van der Waals surface area contributed by atoms with Crippen molar-refractivity contribution in [2.45, 2.75) is 25.6 Å². The second kappa shape index (κ2) is 7.67. The van der Waals surface area contributed by atoms with Crippen molar-refractivity contribution in [3.05, 3.63) is 82.6 Å². The van der Waals surface area contributed by atoms with Gasteiger partial charge in [-0.15, -0.1) is 0 Å². The Labute approximate surface area is 164 Å². The van der Waals surface area contributed by atoms with E-state index >= 15 is 0 Å². The van der Waals surface area contributed by atoms with Crippen molar-refractivity contribution in [2.24, 2.45) is 0 Å². The molecule has 0 bridgehead atoms. The molecule has 5 heteroatoms. The zero-order chi connectivity index (χ0) is 18.8. The molecule has 2 heterocycles. The van der Waals surface area contributed by atoms with Gasteiger partial charge in [-0.1, -0.05) is 29.8 Å². The summed E-state index contributed by atoms with van der Waals surface area (Å²) in [5, 5.41) is 10.6. The minimum Gasteiger partial charge on any atom is -0.504 e. The van der Waals surface area contributed by atoms with E-state index in [9.17, 15) is 5.11 Å². The van der Waals surface area contributed by atoms with Gasteiger partial charge in [-0.05, 0) is 53.9 Å². The Kier molecular flexibility index (Phi) is 5.10. The number of hydrogen-bond donors (Lipinski definition) is 1. The van der Waals surface area contributed by atoms with Crippen LogP contribution in [0.25, 0.3) is 0 Å². The van der Waals surface area contributed by atoms with Crippen molar-refractivity contribution in [3.8, 4) is 11.5 Å². The second-order valence-corrected chi connectivity index (χ2v) is 7.35. The zero-order valence-corrected chi connectivity index (χ0v) is 16.1. The summed E-state index contributed by atoms with van der Waals surface area (Å²) in [7, 11) is 1.58. The largest absolute Gasteiger partial charge is 0.504 e. The monoisotopic (exact) mass is 382 g/mol. The summed E-state index contributed by atoms with van der Waals surface area (Å²) in [5.41, 5.74) is 3.64. The number of aryl methyl sites for hydroxylation is 1. The quantitative estimate of drug-likeness (QED) is 0.700. The van der Waals surface area contributed by atoms with Crippen molar-refractivity contribution in [1.82, 2.24) is 9.47 Å². The molecule has 27 heavy (non-hydrogen) atoms. The Hall–Kier alpha value is -2.43. The summed E-state index contributed by atoms with van der Waals surface area (Å²) in [6.07, 6.45) is 3.24. The fourth-order valence-corrected chi connectivity index (χ4v) is 4.02. The minimum absolute atomic E-state index is 0.152. The molecular formula is C22H23ClN2O2. The summed E-state index contributed by atoms with van der Waals surface area (Å²) in [5.74, 6) is 0.675. The summed E-state index contributed by atoms with van der Waals surface area (Å²) in [6, 6.07) is 18.2. The molecule has 0 saturated carbocycles. The highest BCUT2D eigenvalue weighted by Gasteiger charge is 2.27. The number of aromatic hydroxyl groups is 1. The lowest BCUT2D eigenvalue weighted by molar-refractivity contribution is 0.220. The molecule has 3 aromatic rings. The van der Waals surface area contributed by atoms with Crippen LogP contribution >= 0.6 is 11.6 Å². The molecule has 1 N–H and O–H groups in total. The maximum Gasteiger partial charge on any atom is 0.160 e. The highest BCUT2D eigenvalue weighted by Crippen LogP contribution is 2.34. The summed E-state index contributed by atoms with van der Waals surface area (Å²) < 4.78 is 7.62. The SMILES string of the molecule is COc1cc(CN2CCCn3cccc3C2c2ccc(Cl)cc2)ccc1O. The van der Waals surface area contributed by atoms with Crippen LogP contribution in [0.2, 0.25) is 5.02 Å². The van der Waals surface area contributed by atoms with Gasteiger partial charge in [0.2, 0.25) is 0 Å². The Bertz CT molecular complexity index is 920. The lowest BCUT2D eigenvalue weighted by atomic mass is 10.0. The number of aromatic nitrogens is 1. The van der Waals surface area contributed by atoms with Crippen molar-refractivity contribution >= 4 is 11.6 Å². The molecule has 1 aliphatic rings. The standard InChI is InChI=1S/C22H23ClN2O2/c1-27-21-14-16(5-10-20(21)26)15-25-13-3-12-24-11-2-4-19(24)22(25)17-6-8-18(23)9-7-17/h2,4-11,14,22,26H,3,12-13,15H2,1H3. The zero-order valence-electron chi connectivity index (χ0n) is 15.3. The number of halogens is 1. The van der Waals surface area contributed by atoms with E-state index in [-0.39, 0.29) is 11.8 Å². The van der Waals surface area contributed by atoms with Gasteiger partial charge in [0.05, 0.1) is 13.2 Å². The van der Waals surface area contributed by atoms with Gasteiger partial charge in [0, 0.05) is 36.5 Å². The number of nitrogens with zero attached hydrogens (tertiary/aromatic N) is 2.